The minimum atomic E-state index is -1.01. The van der Waals surface area contributed by atoms with Gasteiger partial charge in [-0.3, -0.25) is 9.59 Å². The fourth-order valence-electron chi connectivity index (χ4n) is 1.31. The van der Waals surface area contributed by atoms with Crippen molar-refractivity contribution in [2.24, 2.45) is 0 Å². The van der Waals surface area contributed by atoms with Crippen LogP contribution in [0.15, 0.2) is 5.38 Å². The molecule has 0 aliphatic carbocycles. The predicted octanol–water partition coefficient (Wildman–Crippen LogP) is 1.39. The number of aliphatic carboxylic acids is 1. The summed E-state index contributed by atoms with van der Waals surface area (Å²) in [6.45, 7) is 3.86. The number of carboxylic acids is 1. The van der Waals surface area contributed by atoms with Crippen molar-refractivity contribution in [1.82, 2.24) is 9.88 Å². The molecule has 0 bridgehead atoms. The summed E-state index contributed by atoms with van der Waals surface area (Å²) in [5.74, 6) is -1.32. The van der Waals surface area contributed by atoms with Crippen LogP contribution in [-0.4, -0.2) is 40.0 Å². The van der Waals surface area contributed by atoms with E-state index in [9.17, 15) is 9.59 Å². The van der Waals surface area contributed by atoms with Crippen molar-refractivity contribution in [3.63, 3.8) is 0 Å². The number of carboxylic acid groups (broad SMARTS) is 1. The Labute approximate surface area is 97.7 Å². The van der Waals surface area contributed by atoms with Gasteiger partial charge in [0.1, 0.15) is 12.2 Å². The van der Waals surface area contributed by atoms with Crippen LogP contribution >= 0.6 is 11.3 Å². The normalized spacial score (nSPS) is 10.1. The summed E-state index contributed by atoms with van der Waals surface area (Å²) in [4.78, 5) is 27.9. The first-order chi connectivity index (χ1) is 7.54. The first-order valence-electron chi connectivity index (χ1n) is 4.97. The Morgan fingerprint density at radius 3 is 2.69 bits per heavy atom. The van der Waals surface area contributed by atoms with E-state index in [1.54, 1.807) is 5.38 Å². The number of hydrogen-bond acceptors (Lipinski definition) is 4. The first-order valence-corrected chi connectivity index (χ1v) is 5.85. The molecule has 6 heteroatoms. The highest BCUT2D eigenvalue weighted by Crippen LogP contribution is 2.10. The molecule has 0 saturated heterocycles. The number of nitrogens with zero attached hydrogens (tertiary/aromatic N) is 2. The Balaban J connectivity index is 2.78. The van der Waals surface area contributed by atoms with Crippen molar-refractivity contribution in [2.75, 3.05) is 13.1 Å². The molecule has 1 amide bonds. The largest absolute Gasteiger partial charge is 0.480 e. The van der Waals surface area contributed by atoms with E-state index in [0.717, 1.165) is 11.4 Å². The Bertz CT molecular complexity index is 389. The molecule has 0 aliphatic heterocycles. The van der Waals surface area contributed by atoms with Crippen molar-refractivity contribution in [2.45, 2.75) is 20.3 Å². The zero-order valence-electron chi connectivity index (χ0n) is 9.27. The second kappa shape index (κ2) is 5.60. The number of carbonyl (C=O) groups is 2. The monoisotopic (exact) mass is 242 g/mol. The quantitative estimate of drug-likeness (QED) is 0.847. The zero-order chi connectivity index (χ0) is 12.1. The number of amides is 1. The van der Waals surface area contributed by atoms with E-state index >= 15 is 0 Å². The molecule has 1 aromatic rings. The fourth-order valence-corrected chi connectivity index (χ4v) is 1.90. The maximum Gasteiger partial charge on any atom is 0.323 e. The van der Waals surface area contributed by atoms with Crippen LogP contribution in [0.2, 0.25) is 0 Å². The van der Waals surface area contributed by atoms with Crippen LogP contribution in [0.25, 0.3) is 0 Å². The summed E-state index contributed by atoms with van der Waals surface area (Å²) in [7, 11) is 0. The molecular formula is C10H14N2O3S. The Kier molecular flexibility index (Phi) is 4.42. The molecular weight excluding hydrogens is 228 g/mol. The molecule has 0 spiro atoms. The van der Waals surface area contributed by atoms with Gasteiger partial charge in [0, 0.05) is 11.9 Å². The number of aryl methyl sites for hydroxylation is 1. The van der Waals surface area contributed by atoms with Gasteiger partial charge >= 0.3 is 5.97 Å². The third-order valence-corrected chi connectivity index (χ3v) is 2.72. The molecule has 0 radical (unpaired) electrons. The van der Waals surface area contributed by atoms with Gasteiger partial charge in [0.05, 0.1) is 5.01 Å². The molecule has 0 atom stereocenters. The standard InChI is InChI=1S/C10H14N2O3S/c1-3-4-12(5-9(13)14)10(15)8-6-16-7(2)11-8/h6H,3-5H2,1-2H3,(H,13,14). The van der Waals surface area contributed by atoms with Crippen LogP contribution in [0, 0.1) is 6.92 Å². The molecule has 0 fully saturated rings. The van der Waals surface area contributed by atoms with Gasteiger partial charge in [0.2, 0.25) is 0 Å². The fraction of sp³-hybridized carbons (Fsp3) is 0.500. The smallest absolute Gasteiger partial charge is 0.323 e. The van der Waals surface area contributed by atoms with Gasteiger partial charge in [-0.2, -0.15) is 0 Å². The maximum absolute atomic E-state index is 11.9. The summed E-state index contributed by atoms with van der Waals surface area (Å²) in [6, 6.07) is 0. The van der Waals surface area contributed by atoms with Gasteiger partial charge in [-0.15, -0.1) is 11.3 Å². The lowest BCUT2D eigenvalue weighted by Crippen LogP contribution is -2.36. The topological polar surface area (TPSA) is 70.5 Å². The van der Waals surface area contributed by atoms with Gasteiger partial charge in [-0.25, -0.2) is 4.98 Å². The summed E-state index contributed by atoms with van der Waals surface area (Å²) >= 11 is 1.38. The highest BCUT2D eigenvalue weighted by Gasteiger charge is 2.19. The van der Waals surface area contributed by atoms with Crippen LogP contribution in [-0.2, 0) is 4.79 Å². The van der Waals surface area contributed by atoms with E-state index in [1.165, 1.54) is 16.2 Å². The summed E-state index contributed by atoms with van der Waals surface area (Å²) in [5, 5.41) is 11.2. The third kappa shape index (κ3) is 3.30. The van der Waals surface area contributed by atoms with Crippen LogP contribution in [0.1, 0.15) is 28.8 Å². The summed E-state index contributed by atoms with van der Waals surface area (Å²) in [6.07, 6.45) is 0.724. The average Bonchev–Trinajstić information content (AvgIpc) is 2.62. The number of carbonyl (C=O) groups excluding carboxylic acids is 1. The number of aromatic nitrogens is 1. The SMILES string of the molecule is CCCN(CC(=O)O)C(=O)c1csc(C)n1. The molecule has 1 heterocycles. The molecule has 1 rings (SSSR count). The van der Waals surface area contributed by atoms with Gasteiger partial charge in [-0.1, -0.05) is 6.92 Å². The lowest BCUT2D eigenvalue weighted by molar-refractivity contribution is -0.137. The van der Waals surface area contributed by atoms with Crippen molar-refractivity contribution in [1.29, 1.82) is 0 Å². The zero-order valence-corrected chi connectivity index (χ0v) is 10.1. The summed E-state index contributed by atoms with van der Waals surface area (Å²) < 4.78 is 0. The highest BCUT2D eigenvalue weighted by molar-refractivity contribution is 7.09. The molecule has 5 nitrogen and oxygen atoms in total. The van der Waals surface area contributed by atoms with Crippen LogP contribution in [0.5, 0.6) is 0 Å². The molecule has 0 aliphatic rings. The van der Waals surface area contributed by atoms with Crippen LogP contribution < -0.4 is 0 Å². The van der Waals surface area contributed by atoms with E-state index in [0.29, 0.717) is 12.2 Å². The molecule has 1 aromatic heterocycles. The van der Waals surface area contributed by atoms with Gasteiger partial charge in [-0.05, 0) is 13.3 Å². The van der Waals surface area contributed by atoms with E-state index in [1.807, 2.05) is 13.8 Å². The van der Waals surface area contributed by atoms with E-state index < -0.39 is 5.97 Å². The summed E-state index contributed by atoms with van der Waals surface area (Å²) in [5.41, 5.74) is 0.331. The van der Waals surface area contributed by atoms with E-state index in [4.69, 9.17) is 5.11 Å². The predicted molar refractivity (Wildman–Crippen MR) is 60.7 cm³/mol. The van der Waals surface area contributed by atoms with Crippen molar-refractivity contribution in [3.8, 4) is 0 Å². The lowest BCUT2D eigenvalue weighted by atomic mass is 10.3. The van der Waals surface area contributed by atoms with Crippen LogP contribution in [0.3, 0.4) is 0 Å². The lowest BCUT2D eigenvalue weighted by Gasteiger charge is -2.18. The molecule has 0 unspecified atom stereocenters. The van der Waals surface area contributed by atoms with Gasteiger partial charge in [0.15, 0.2) is 0 Å². The van der Waals surface area contributed by atoms with E-state index in [-0.39, 0.29) is 12.5 Å². The molecule has 88 valence electrons. The Morgan fingerprint density at radius 1 is 1.56 bits per heavy atom. The molecule has 1 N–H and O–H groups in total. The highest BCUT2D eigenvalue weighted by atomic mass is 32.1. The van der Waals surface area contributed by atoms with Gasteiger partial charge < -0.3 is 10.0 Å². The number of rotatable bonds is 5. The third-order valence-electron chi connectivity index (χ3n) is 1.94. The Morgan fingerprint density at radius 2 is 2.25 bits per heavy atom. The van der Waals surface area contributed by atoms with Crippen LogP contribution in [0.4, 0.5) is 0 Å². The van der Waals surface area contributed by atoms with Crippen molar-refractivity contribution in [3.05, 3.63) is 16.1 Å². The van der Waals surface area contributed by atoms with Gasteiger partial charge in [0.25, 0.3) is 5.91 Å². The minimum Gasteiger partial charge on any atom is -0.480 e. The molecule has 0 saturated carbocycles. The second-order valence-corrected chi connectivity index (χ2v) is 4.43. The first kappa shape index (κ1) is 12.6. The minimum absolute atomic E-state index is 0.275. The number of hydrogen-bond donors (Lipinski definition) is 1. The maximum atomic E-state index is 11.9. The van der Waals surface area contributed by atoms with E-state index in [2.05, 4.69) is 4.98 Å². The second-order valence-electron chi connectivity index (χ2n) is 3.37. The molecule has 16 heavy (non-hydrogen) atoms. The van der Waals surface area contributed by atoms with Crippen molar-refractivity contribution >= 4 is 23.2 Å². The Hall–Kier alpha value is -1.43. The molecule has 0 aromatic carbocycles. The van der Waals surface area contributed by atoms with Crippen molar-refractivity contribution < 1.29 is 14.7 Å². The average molecular weight is 242 g/mol. The number of thiazole rings is 1.